The number of aromatic nitrogens is 8. The minimum Gasteiger partial charge on any atom is -0.412 e. The quantitative estimate of drug-likeness (QED) is 0.188. The van der Waals surface area contributed by atoms with Gasteiger partial charge in [0.15, 0.2) is 23.3 Å². The fraction of sp³-hybridized carbons (Fsp3) is 0.222. The topological polar surface area (TPSA) is 264 Å². The minimum absolute atomic E-state index is 0. The van der Waals surface area contributed by atoms with E-state index in [0.29, 0.717) is 11.5 Å². The molecule has 0 spiro atoms. The third-order valence-corrected chi connectivity index (χ3v) is 9.86. The molecule has 0 amide bonds. The van der Waals surface area contributed by atoms with Gasteiger partial charge in [0.2, 0.25) is 0 Å². The van der Waals surface area contributed by atoms with Crippen LogP contribution in [-0.2, 0) is 9.47 Å². The number of aliphatic hydroxyl groups excluding tert-OH is 2. The number of pyridine rings is 4. The maximum atomic E-state index is 13.1. The van der Waals surface area contributed by atoms with Gasteiger partial charge in [-0.2, -0.15) is 9.97 Å². The summed E-state index contributed by atoms with van der Waals surface area (Å²) in [5.74, 6) is -1.47. The van der Waals surface area contributed by atoms with E-state index < -0.39 is 58.0 Å². The fourth-order valence-corrected chi connectivity index (χ4v) is 6.74. The van der Waals surface area contributed by atoms with Crippen LogP contribution in [0.2, 0.25) is 0 Å². The standard InChI is InChI=1S/2C10H8N2.2C8H10FN3O3S.H2O/c2*1-5-11-6-2-9(1)10-3-7-12-8-4-10;2*9-4-1-12(8(14)11-7(4)10)5-3-16-6(2-13)15-5;/h2*1-8H;2*1,5-6,13H,2-3H2,(H2,10,11,14);1H2/t;;2*5-,6+;/m..00./s1. The number of anilines is 2. The van der Waals surface area contributed by atoms with E-state index in [1.807, 2.05) is 48.5 Å². The van der Waals surface area contributed by atoms with Crippen molar-refractivity contribution in [3.8, 4) is 22.3 Å². The highest BCUT2D eigenvalue weighted by Crippen LogP contribution is 2.31. The molecule has 21 heteroatoms. The number of nitrogens with zero attached hydrogens (tertiary/aromatic N) is 8. The van der Waals surface area contributed by atoms with Crippen LogP contribution in [0.25, 0.3) is 22.3 Å². The molecule has 0 radical (unpaired) electrons. The van der Waals surface area contributed by atoms with Crippen LogP contribution in [0.1, 0.15) is 12.5 Å². The second kappa shape index (κ2) is 22.2. The molecule has 0 aliphatic carbocycles. The van der Waals surface area contributed by atoms with Crippen LogP contribution in [0.4, 0.5) is 20.4 Å². The van der Waals surface area contributed by atoms with Crippen molar-refractivity contribution in [1.82, 2.24) is 39.0 Å². The number of ether oxygens (including phenoxy) is 2. The minimum atomic E-state index is -0.763. The molecule has 0 aromatic carbocycles. The molecule has 2 aliphatic heterocycles. The zero-order valence-corrected chi connectivity index (χ0v) is 31.5. The van der Waals surface area contributed by atoms with E-state index in [1.54, 1.807) is 49.6 Å². The van der Waals surface area contributed by atoms with Gasteiger partial charge in [-0.1, -0.05) is 0 Å². The Morgan fingerprint density at radius 1 is 0.596 bits per heavy atom. The van der Waals surface area contributed by atoms with Gasteiger partial charge >= 0.3 is 11.4 Å². The van der Waals surface area contributed by atoms with Gasteiger partial charge in [0, 0.05) is 61.1 Å². The molecule has 4 atom stereocenters. The number of hydrogen-bond donors (Lipinski definition) is 4. The third-order valence-electron chi connectivity index (χ3n) is 7.64. The van der Waals surface area contributed by atoms with Crippen LogP contribution in [0.3, 0.4) is 0 Å². The van der Waals surface area contributed by atoms with E-state index >= 15 is 0 Å². The molecule has 2 fully saturated rings. The van der Waals surface area contributed by atoms with Gasteiger partial charge < -0.3 is 36.6 Å². The van der Waals surface area contributed by atoms with Crippen molar-refractivity contribution in [3.05, 3.63) is 143 Å². The summed E-state index contributed by atoms with van der Waals surface area (Å²) in [7, 11) is 0. The van der Waals surface area contributed by atoms with Gasteiger partial charge in [0.05, 0.1) is 25.6 Å². The number of thioether (sulfide) groups is 2. The van der Waals surface area contributed by atoms with Gasteiger partial charge in [0.1, 0.15) is 23.3 Å². The van der Waals surface area contributed by atoms with Gasteiger partial charge in [0.25, 0.3) is 0 Å². The van der Waals surface area contributed by atoms with E-state index in [0.717, 1.165) is 21.5 Å². The molecule has 6 aromatic rings. The number of hydrogen-bond acceptors (Lipinski definition) is 16. The van der Waals surface area contributed by atoms with Crippen molar-refractivity contribution < 1.29 is 33.9 Å². The predicted molar refractivity (Wildman–Crippen MR) is 211 cm³/mol. The highest BCUT2D eigenvalue weighted by molar-refractivity contribution is 8.00. The molecule has 0 unspecified atom stereocenters. The lowest BCUT2D eigenvalue weighted by Crippen LogP contribution is -2.29. The van der Waals surface area contributed by atoms with Crippen LogP contribution in [0.5, 0.6) is 0 Å². The first-order chi connectivity index (χ1) is 27.2. The van der Waals surface area contributed by atoms with E-state index in [1.165, 1.54) is 45.8 Å². The third kappa shape index (κ3) is 12.7. The molecule has 300 valence electrons. The lowest BCUT2D eigenvalue weighted by Gasteiger charge is -2.13. The van der Waals surface area contributed by atoms with Crippen LogP contribution in [-0.4, -0.2) is 90.3 Å². The highest BCUT2D eigenvalue weighted by Gasteiger charge is 2.29. The van der Waals surface area contributed by atoms with Crippen molar-refractivity contribution in [2.45, 2.75) is 23.3 Å². The Hall–Kier alpha value is -5.68. The van der Waals surface area contributed by atoms with Gasteiger partial charge in [-0.05, 0) is 70.8 Å². The zero-order valence-electron chi connectivity index (χ0n) is 29.9. The Morgan fingerprint density at radius 3 is 1.12 bits per heavy atom. The first kappa shape index (κ1) is 44.0. The first-order valence-electron chi connectivity index (χ1n) is 16.6. The molecule has 0 saturated carbocycles. The Kier molecular flexibility index (Phi) is 17.1. The highest BCUT2D eigenvalue weighted by atomic mass is 32.2. The molecule has 2 saturated heterocycles. The van der Waals surface area contributed by atoms with Crippen LogP contribution < -0.4 is 22.8 Å². The van der Waals surface area contributed by atoms with Crippen molar-refractivity contribution in [1.29, 1.82) is 0 Å². The number of aliphatic hydroxyl groups is 2. The summed E-state index contributed by atoms with van der Waals surface area (Å²) >= 11 is 2.70. The SMILES string of the molecule is Nc1nc(=O)n([C@@H]2CS[C@H](CO)O2)cc1F.Nc1nc(=O)n([C@@H]2CS[C@H](CO)O2)cc1F.O.c1cc(-c2ccncc2)ccn1.c1cc(-c2ccncc2)ccn1. The van der Waals surface area contributed by atoms with Crippen LogP contribution in [0.15, 0.2) is 120 Å². The summed E-state index contributed by atoms with van der Waals surface area (Å²) in [5.41, 5.74) is 12.9. The zero-order chi connectivity index (χ0) is 39.9. The lowest BCUT2D eigenvalue weighted by molar-refractivity contribution is -0.00681. The van der Waals surface area contributed by atoms with Crippen LogP contribution in [0, 0.1) is 11.6 Å². The van der Waals surface area contributed by atoms with Gasteiger partial charge in [-0.25, -0.2) is 18.4 Å². The number of nitrogen functional groups attached to an aromatic ring is 2. The number of nitrogens with two attached hydrogens (primary N) is 2. The molecule has 8 rings (SSSR count). The van der Waals surface area contributed by atoms with Crippen molar-refractivity contribution in [3.63, 3.8) is 0 Å². The summed E-state index contributed by atoms with van der Waals surface area (Å²) in [6, 6.07) is 15.9. The fourth-order valence-electron chi connectivity index (χ4n) is 4.88. The summed E-state index contributed by atoms with van der Waals surface area (Å²) in [4.78, 5) is 45.3. The molecule has 2 aliphatic rings. The molecule has 17 nitrogen and oxygen atoms in total. The van der Waals surface area contributed by atoms with E-state index in [9.17, 15) is 18.4 Å². The number of rotatable bonds is 6. The maximum Gasteiger partial charge on any atom is 0.351 e. The average molecular weight is 825 g/mol. The maximum absolute atomic E-state index is 13.1. The van der Waals surface area contributed by atoms with E-state index in [2.05, 4.69) is 29.9 Å². The molecular formula is C36H38F2N10O7S2. The van der Waals surface area contributed by atoms with Crippen molar-refractivity contribution in [2.24, 2.45) is 0 Å². The average Bonchev–Trinajstić information content (AvgIpc) is 3.93. The summed E-state index contributed by atoms with van der Waals surface area (Å²) in [6.45, 7) is -0.304. The Bertz CT molecular complexity index is 2000. The first-order valence-corrected chi connectivity index (χ1v) is 18.7. The summed E-state index contributed by atoms with van der Waals surface area (Å²) < 4.78 is 38.9. The normalized spacial score (nSPS) is 18.0. The smallest absolute Gasteiger partial charge is 0.351 e. The Labute approximate surface area is 332 Å². The number of halogens is 2. The Morgan fingerprint density at radius 2 is 0.877 bits per heavy atom. The lowest BCUT2D eigenvalue weighted by atomic mass is 10.1. The summed E-state index contributed by atoms with van der Waals surface area (Å²) in [5, 5.41) is 17.7. The van der Waals surface area contributed by atoms with Gasteiger partial charge in [-0.3, -0.25) is 29.1 Å². The largest absolute Gasteiger partial charge is 0.412 e. The summed E-state index contributed by atoms with van der Waals surface area (Å²) in [6.07, 6.45) is 15.0. The van der Waals surface area contributed by atoms with Crippen molar-refractivity contribution in [2.75, 3.05) is 36.2 Å². The second-order valence-electron chi connectivity index (χ2n) is 11.3. The van der Waals surface area contributed by atoms with E-state index in [4.69, 9.17) is 31.2 Å². The molecule has 0 bridgehead atoms. The van der Waals surface area contributed by atoms with Gasteiger partial charge in [-0.15, -0.1) is 23.5 Å². The molecule has 8 heterocycles. The van der Waals surface area contributed by atoms with Crippen LogP contribution >= 0.6 is 23.5 Å². The predicted octanol–water partition coefficient (Wildman–Crippen LogP) is 2.55. The molecule has 8 N–H and O–H groups in total. The van der Waals surface area contributed by atoms with E-state index in [-0.39, 0.29) is 18.7 Å². The Balaban J connectivity index is 0.000000169. The molecule has 6 aromatic heterocycles. The van der Waals surface area contributed by atoms with Crippen molar-refractivity contribution >= 4 is 35.2 Å². The molecular weight excluding hydrogens is 787 g/mol. The second-order valence-corrected chi connectivity index (χ2v) is 13.7. The molecule has 57 heavy (non-hydrogen) atoms. The monoisotopic (exact) mass is 824 g/mol.